The lowest BCUT2D eigenvalue weighted by molar-refractivity contribution is -0.120. The fourth-order valence-electron chi connectivity index (χ4n) is 3.89. The topological polar surface area (TPSA) is 64.6 Å². The van der Waals surface area contributed by atoms with Gasteiger partial charge in [0.1, 0.15) is 0 Å². The van der Waals surface area contributed by atoms with Crippen LogP contribution in [0.1, 0.15) is 12.8 Å². The molecule has 0 aliphatic carbocycles. The summed E-state index contributed by atoms with van der Waals surface area (Å²) in [5.74, 6) is 0.736. The minimum absolute atomic E-state index is 0.0464. The third-order valence-corrected chi connectivity index (χ3v) is 5.63. The van der Waals surface area contributed by atoms with Gasteiger partial charge in [-0.1, -0.05) is 0 Å². The molecule has 7 nitrogen and oxygen atoms in total. The van der Waals surface area contributed by atoms with Crippen LogP contribution >= 0.6 is 0 Å². The molecule has 4 rings (SSSR count). The normalized spacial score (nSPS) is 20.8. The molecule has 1 aromatic heterocycles. The number of carbonyl (C=O) groups is 1. The molecular weight excluding hydrogens is 352 g/mol. The molecule has 2 fully saturated rings. The summed E-state index contributed by atoms with van der Waals surface area (Å²) in [4.78, 5) is 28.2. The smallest absolute Gasteiger partial charge is 0.229 e. The minimum atomic E-state index is -0.0464. The highest BCUT2D eigenvalue weighted by Gasteiger charge is 2.27. The van der Waals surface area contributed by atoms with Crippen molar-refractivity contribution in [3.05, 3.63) is 42.7 Å². The van der Waals surface area contributed by atoms with Gasteiger partial charge < -0.3 is 20.0 Å². The van der Waals surface area contributed by atoms with Crippen LogP contribution in [0, 0.1) is 5.92 Å². The summed E-state index contributed by atoms with van der Waals surface area (Å²) in [6.45, 7) is 5.82. The molecule has 2 aliphatic heterocycles. The Morgan fingerprint density at radius 1 is 1.00 bits per heavy atom. The van der Waals surface area contributed by atoms with Crippen molar-refractivity contribution in [1.29, 1.82) is 0 Å². The van der Waals surface area contributed by atoms with Crippen LogP contribution in [0.2, 0.25) is 0 Å². The van der Waals surface area contributed by atoms with E-state index in [1.54, 1.807) is 12.4 Å². The summed E-state index contributed by atoms with van der Waals surface area (Å²) < 4.78 is 0. The van der Waals surface area contributed by atoms with Gasteiger partial charge in [-0.05, 0) is 50.2 Å². The molecule has 1 aromatic carbocycles. The molecule has 1 N–H and O–H groups in total. The van der Waals surface area contributed by atoms with E-state index >= 15 is 0 Å². The van der Waals surface area contributed by atoms with Crippen molar-refractivity contribution < 1.29 is 4.79 Å². The van der Waals surface area contributed by atoms with E-state index in [4.69, 9.17) is 0 Å². The molecule has 0 saturated carbocycles. The fraction of sp³-hybridized carbons (Fsp3) is 0.476. The number of carbonyl (C=O) groups excluding carboxylic acids is 1. The van der Waals surface area contributed by atoms with E-state index in [0.717, 1.165) is 51.3 Å². The van der Waals surface area contributed by atoms with Gasteiger partial charge in [-0.15, -0.1) is 0 Å². The largest absolute Gasteiger partial charge is 0.369 e. The molecule has 7 heteroatoms. The quantitative estimate of drug-likeness (QED) is 0.876. The van der Waals surface area contributed by atoms with Crippen molar-refractivity contribution >= 4 is 23.2 Å². The molecule has 148 valence electrons. The van der Waals surface area contributed by atoms with Gasteiger partial charge in [-0.3, -0.25) is 4.79 Å². The molecule has 2 aliphatic rings. The zero-order valence-electron chi connectivity index (χ0n) is 16.4. The van der Waals surface area contributed by atoms with Crippen molar-refractivity contribution in [2.75, 3.05) is 61.4 Å². The number of rotatable bonds is 4. The maximum atomic E-state index is 12.8. The molecule has 1 amide bonds. The second-order valence-corrected chi connectivity index (χ2v) is 7.66. The van der Waals surface area contributed by atoms with E-state index in [1.807, 2.05) is 18.2 Å². The summed E-state index contributed by atoms with van der Waals surface area (Å²) in [6, 6.07) is 10.0. The monoisotopic (exact) mass is 380 g/mol. The number of nitrogens with one attached hydrogen (secondary N) is 1. The third kappa shape index (κ3) is 4.42. The Bertz CT molecular complexity index is 773. The SMILES string of the molecule is CN1CCN(c2ccc(NC(=O)C3CCCN(c4ncccn4)C3)cc2)CC1. The van der Waals surface area contributed by atoms with Gasteiger partial charge in [0, 0.05) is 63.0 Å². The zero-order chi connectivity index (χ0) is 19.3. The van der Waals surface area contributed by atoms with E-state index in [2.05, 4.69) is 49.2 Å². The van der Waals surface area contributed by atoms with Gasteiger partial charge in [0.15, 0.2) is 0 Å². The Kier molecular flexibility index (Phi) is 5.71. The molecule has 0 spiro atoms. The fourth-order valence-corrected chi connectivity index (χ4v) is 3.89. The molecule has 1 atom stereocenters. The van der Waals surface area contributed by atoms with Crippen LogP contribution in [0.5, 0.6) is 0 Å². The first-order chi connectivity index (χ1) is 13.7. The van der Waals surface area contributed by atoms with E-state index in [0.29, 0.717) is 12.5 Å². The zero-order valence-corrected chi connectivity index (χ0v) is 16.4. The van der Waals surface area contributed by atoms with Gasteiger partial charge in [0.25, 0.3) is 0 Å². The second-order valence-electron chi connectivity index (χ2n) is 7.66. The van der Waals surface area contributed by atoms with Gasteiger partial charge >= 0.3 is 0 Å². The standard InChI is InChI=1S/C21H28N6O/c1-25-12-14-26(15-13-25)19-7-5-18(6-8-19)24-20(28)17-4-2-11-27(16-17)21-22-9-3-10-23-21/h3,5-10,17H,2,4,11-16H2,1H3,(H,24,28). The number of piperazine rings is 1. The van der Waals surface area contributed by atoms with Crippen molar-refractivity contribution in [2.24, 2.45) is 5.92 Å². The summed E-state index contributed by atoms with van der Waals surface area (Å²) >= 11 is 0. The van der Waals surface area contributed by atoms with E-state index in [9.17, 15) is 4.79 Å². The predicted octanol–water partition coefficient (Wildman–Crippen LogP) is 2.08. The van der Waals surface area contributed by atoms with Crippen molar-refractivity contribution in [3.8, 4) is 0 Å². The molecular formula is C21H28N6O. The van der Waals surface area contributed by atoms with Crippen molar-refractivity contribution in [1.82, 2.24) is 14.9 Å². The van der Waals surface area contributed by atoms with Crippen LogP contribution in [0.3, 0.4) is 0 Å². The number of aromatic nitrogens is 2. The first-order valence-electron chi connectivity index (χ1n) is 10.1. The van der Waals surface area contributed by atoms with Crippen LogP contribution in [-0.2, 0) is 4.79 Å². The minimum Gasteiger partial charge on any atom is -0.369 e. The highest BCUT2D eigenvalue weighted by Crippen LogP contribution is 2.23. The number of benzene rings is 1. The number of hydrogen-bond donors (Lipinski definition) is 1. The highest BCUT2D eigenvalue weighted by atomic mass is 16.1. The lowest BCUT2D eigenvalue weighted by Crippen LogP contribution is -2.44. The summed E-state index contributed by atoms with van der Waals surface area (Å²) in [5.41, 5.74) is 2.08. The average Bonchev–Trinajstić information content (AvgIpc) is 2.76. The number of piperidine rings is 1. The van der Waals surface area contributed by atoms with Crippen LogP contribution in [0.4, 0.5) is 17.3 Å². The lowest BCUT2D eigenvalue weighted by Gasteiger charge is -2.34. The summed E-state index contributed by atoms with van der Waals surface area (Å²) in [7, 11) is 2.16. The van der Waals surface area contributed by atoms with Crippen molar-refractivity contribution in [3.63, 3.8) is 0 Å². The highest BCUT2D eigenvalue weighted by molar-refractivity contribution is 5.93. The van der Waals surface area contributed by atoms with E-state index < -0.39 is 0 Å². The summed E-state index contributed by atoms with van der Waals surface area (Å²) in [5, 5.41) is 3.09. The number of likely N-dealkylation sites (N-methyl/N-ethyl adjacent to an activating group) is 1. The van der Waals surface area contributed by atoms with Crippen LogP contribution in [0.25, 0.3) is 0 Å². The number of anilines is 3. The number of hydrogen-bond acceptors (Lipinski definition) is 6. The second kappa shape index (κ2) is 8.56. The maximum absolute atomic E-state index is 12.8. The Labute approximate surface area is 166 Å². The van der Waals surface area contributed by atoms with Crippen LogP contribution in [0.15, 0.2) is 42.7 Å². The van der Waals surface area contributed by atoms with Crippen molar-refractivity contribution in [2.45, 2.75) is 12.8 Å². The number of nitrogens with zero attached hydrogens (tertiary/aromatic N) is 5. The Balaban J connectivity index is 1.34. The summed E-state index contributed by atoms with van der Waals surface area (Å²) in [6.07, 6.45) is 5.36. The number of amides is 1. The molecule has 0 radical (unpaired) electrons. The first-order valence-corrected chi connectivity index (χ1v) is 10.1. The Morgan fingerprint density at radius 3 is 2.43 bits per heavy atom. The maximum Gasteiger partial charge on any atom is 0.229 e. The molecule has 2 aromatic rings. The van der Waals surface area contributed by atoms with Gasteiger partial charge in [0.05, 0.1) is 5.92 Å². The van der Waals surface area contributed by atoms with Gasteiger partial charge in [-0.25, -0.2) is 9.97 Å². The van der Waals surface area contributed by atoms with Crippen LogP contribution < -0.4 is 15.1 Å². The van der Waals surface area contributed by atoms with Gasteiger partial charge in [-0.2, -0.15) is 0 Å². The molecule has 1 unspecified atom stereocenters. The Morgan fingerprint density at radius 2 is 1.71 bits per heavy atom. The first kappa shape index (κ1) is 18.7. The van der Waals surface area contributed by atoms with E-state index in [1.165, 1.54) is 5.69 Å². The molecule has 2 saturated heterocycles. The Hall–Kier alpha value is -2.67. The average molecular weight is 380 g/mol. The van der Waals surface area contributed by atoms with Gasteiger partial charge in [0.2, 0.25) is 11.9 Å². The molecule has 28 heavy (non-hydrogen) atoms. The molecule has 0 bridgehead atoms. The predicted molar refractivity (Wildman–Crippen MR) is 112 cm³/mol. The lowest BCUT2D eigenvalue weighted by atomic mass is 9.97. The van der Waals surface area contributed by atoms with E-state index in [-0.39, 0.29) is 11.8 Å². The molecule has 3 heterocycles. The third-order valence-electron chi connectivity index (χ3n) is 5.63. The van der Waals surface area contributed by atoms with Crippen LogP contribution in [-0.4, -0.2) is 67.1 Å².